The lowest BCUT2D eigenvalue weighted by Gasteiger charge is -2.23. The van der Waals surface area contributed by atoms with E-state index < -0.39 is 25.9 Å². The van der Waals surface area contributed by atoms with Crippen LogP contribution < -0.4 is 10.5 Å². The molecule has 0 amide bonds. The third-order valence-electron chi connectivity index (χ3n) is 3.17. The summed E-state index contributed by atoms with van der Waals surface area (Å²) in [5, 5.41) is -0.0205. The number of rotatable bonds is 3. The highest BCUT2D eigenvalue weighted by molar-refractivity contribution is 7.91. The molecule has 1 aliphatic rings. The highest BCUT2D eigenvalue weighted by atomic mass is 35.5. The molecule has 0 saturated carbocycles. The van der Waals surface area contributed by atoms with Gasteiger partial charge in [-0.15, -0.1) is 0 Å². The van der Waals surface area contributed by atoms with Crippen LogP contribution in [0.2, 0.25) is 10.0 Å². The Morgan fingerprint density at radius 2 is 1.95 bits per heavy atom. The Morgan fingerprint density at radius 1 is 1.29 bits per heavy atom. The zero-order valence-corrected chi connectivity index (χ0v) is 14.0. The van der Waals surface area contributed by atoms with Crippen molar-refractivity contribution in [3.8, 4) is 0 Å². The Labute approximate surface area is 133 Å². The quantitative estimate of drug-likeness (QED) is 0.780. The molecule has 0 radical (unpaired) electrons. The summed E-state index contributed by atoms with van der Waals surface area (Å²) in [4.78, 5) is -0.214. The fourth-order valence-corrected chi connectivity index (χ4v) is 5.93. The van der Waals surface area contributed by atoms with Crippen LogP contribution in [-0.2, 0) is 19.9 Å². The molecule has 0 spiro atoms. The third kappa shape index (κ3) is 3.81. The predicted octanol–water partition coefficient (Wildman–Crippen LogP) is 1.43. The van der Waals surface area contributed by atoms with E-state index >= 15 is 0 Å². The third-order valence-corrected chi connectivity index (χ3v) is 7.40. The second-order valence-corrected chi connectivity index (χ2v) is 9.54. The van der Waals surface area contributed by atoms with Crippen LogP contribution in [0, 0.1) is 0 Å². The molecular weight excluding hydrogens is 359 g/mol. The summed E-state index contributed by atoms with van der Waals surface area (Å²) in [6, 6.07) is 1.90. The topological polar surface area (TPSA) is 106 Å². The standard InChI is InChI=1S/C11H14Cl2N2O4S2/c12-8-3-4-9(10(13)11(8)14)21(18,19)15-7-2-1-5-20(16,17)6-7/h3-4,7,15H,1-2,5-6,14H2. The molecular formula is C11H14Cl2N2O4S2. The van der Waals surface area contributed by atoms with E-state index in [-0.39, 0.29) is 32.1 Å². The lowest BCUT2D eigenvalue weighted by molar-refractivity contribution is 0.517. The molecule has 2 rings (SSSR count). The smallest absolute Gasteiger partial charge is 0.242 e. The van der Waals surface area contributed by atoms with Crippen LogP contribution >= 0.6 is 23.2 Å². The normalized spacial score (nSPS) is 22.1. The summed E-state index contributed by atoms with van der Waals surface area (Å²) < 4.78 is 50.1. The zero-order valence-electron chi connectivity index (χ0n) is 10.8. The number of nitrogens with one attached hydrogen (secondary N) is 1. The zero-order chi connectivity index (χ0) is 15.8. The number of nitrogens with two attached hydrogens (primary N) is 1. The van der Waals surface area contributed by atoms with Gasteiger partial charge in [0, 0.05) is 6.04 Å². The van der Waals surface area contributed by atoms with Gasteiger partial charge in [0.2, 0.25) is 10.0 Å². The molecule has 0 aliphatic carbocycles. The Balaban J connectivity index is 2.29. The van der Waals surface area contributed by atoms with E-state index in [9.17, 15) is 16.8 Å². The number of sulfone groups is 1. The summed E-state index contributed by atoms with van der Waals surface area (Å²) in [5.74, 6) is -0.132. The minimum absolute atomic E-state index is 0.0301. The van der Waals surface area contributed by atoms with Crippen molar-refractivity contribution in [1.29, 1.82) is 0 Å². The van der Waals surface area contributed by atoms with E-state index in [4.69, 9.17) is 28.9 Å². The number of anilines is 1. The van der Waals surface area contributed by atoms with Gasteiger partial charge in [0.25, 0.3) is 0 Å². The average molecular weight is 373 g/mol. The number of hydrogen-bond acceptors (Lipinski definition) is 5. The monoisotopic (exact) mass is 372 g/mol. The summed E-state index contributed by atoms with van der Waals surface area (Å²) in [7, 11) is -7.18. The first-order chi connectivity index (χ1) is 9.62. The van der Waals surface area contributed by atoms with E-state index in [1.54, 1.807) is 0 Å². The highest BCUT2D eigenvalue weighted by Crippen LogP contribution is 2.33. The van der Waals surface area contributed by atoms with Gasteiger partial charge in [-0.3, -0.25) is 0 Å². The lowest BCUT2D eigenvalue weighted by atomic mass is 10.2. The van der Waals surface area contributed by atoms with Crippen molar-refractivity contribution in [3.63, 3.8) is 0 Å². The van der Waals surface area contributed by atoms with Gasteiger partial charge in [-0.25, -0.2) is 21.6 Å². The van der Waals surface area contributed by atoms with Crippen molar-refractivity contribution in [1.82, 2.24) is 4.72 Å². The largest absolute Gasteiger partial charge is 0.396 e. The van der Waals surface area contributed by atoms with E-state index in [1.165, 1.54) is 12.1 Å². The van der Waals surface area contributed by atoms with Crippen molar-refractivity contribution in [3.05, 3.63) is 22.2 Å². The van der Waals surface area contributed by atoms with Gasteiger partial charge in [0.05, 0.1) is 27.2 Å². The van der Waals surface area contributed by atoms with Gasteiger partial charge in [-0.1, -0.05) is 23.2 Å². The number of hydrogen-bond donors (Lipinski definition) is 2. The van der Waals surface area contributed by atoms with Crippen molar-refractivity contribution in [2.45, 2.75) is 23.8 Å². The molecule has 1 heterocycles. The van der Waals surface area contributed by atoms with Crippen LogP contribution in [-0.4, -0.2) is 34.4 Å². The van der Waals surface area contributed by atoms with E-state index in [2.05, 4.69) is 4.72 Å². The summed E-state index contributed by atoms with van der Waals surface area (Å²) in [5.41, 5.74) is 5.57. The first-order valence-corrected chi connectivity index (χ1v) is 10.1. The summed E-state index contributed by atoms with van der Waals surface area (Å²) in [6.45, 7) is 0. The van der Waals surface area contributed by atoms with Gasteiger partial charge in [0.1, 0.15) is 4.90 Å². The SMILES string of the molecule is Nc1c(Cl)ccc(S(=O)(=O)NC2CCCS(=O)(=O)C2)c1Cl. The van der Waals surface area contributed by atoms with Crippen LogP contribution in [0.15, 0.2) is 17.0 Å². The maximum Gasteiger partial charge on any atom is 0.242 e. The minimum atomic E-state index is -3.97. The number of halogens is 2. The molecule has 1 fully saturated rings. The fraction of sp³-hybridized carbons (Fsp3) is 0.455. The minimum Gasteiger partial charge on any atom is -0.396 e. The number of sulfonamides is 1. The molecule has 1 saturated heterocycles. The predicted molar refractivity (Wildman–Crippen MR) is 82.9 cm³/mol. The molecule has 1 unspecified atom stereocenters. The van der Waals surface area contributed by atoms with Gasteiger partial charge < -0.3 is 5.73 Å². The van der Waals surface area contributed by atoms with Gasteiger partial charge in [-0.2, -0.15) is 0 Å². The molecule has 1 atom stereocenters. The molecule has 1 aliphatic heterocycles. The molecule has 1 aromatic rings. The number of benzene rings is 1. The van der Waals surface area contributed by atoms with E-state index in [0.717, 1.165) is 0 Å². The molecule has 0 aromatic heterocycles. The second kappa shape index (κ2) is 5.92. The van der Waals surface area contributed by atoms with Crippen LogP contribution in [0.5, 0.6) is 0 Å². The van der Waals surface area contributed by atoms with Crippen LogP contribution in [0.1, 0.15) is 12.8 Å². The molecule has 0 bridgehead atoms. The van der Waals surface area contributed by atoms with Crippen LogP contribution in [0.4, 0.5) is 5.69 Å². The van der Waals surface area contributed by atoms with Crippen molar-refractivity contribution < 1.29 is 16.8 Å². The molecule has 1 aromatic carbocycles. The first kappa shape index (κ1) is 16.8. The molecule has 3 N–H and O–H groups in total. The maximum absolute atomic E-state index is 12.3. The van der Waals surface area contributed by atoms with Crippen LogP contribution in [0.25, 0.3) is 0 Å². The van der Waals surface area contributed by atoms with Crippen LogP contribution in [0.3, 0.4) is 0 Å². The Morgan fingerprint density at radius 3 is 2.57 bits per heavy atom. The van der Waals surface area contributed by atoms with Crippen molar-refractivity contribution in [2.75, 3.05) is 17.2 Å². The first-order valence-electron chi connectivity index (χ1n) is 6.08. The molecule has 21 heavy (non-hydrogen) atoms. The fourth-order valence-electron chi connectivity index (χ4n) is 2.16. The van der Waals surface area contributed by atoms with Gasteiger partial charge >= 0.3 is 0 Å². The van der Waals surface area contributed by atoms with Crippen molar-refractivity contribution in [2.24, 2.45) is 0 Å². The maximum atomic E-state index is 12.3. The Bertz CT molecular complexity index is 763. The van der Waals surface area contributed by atoms with Crippen molar-refractivity contribution >= 4 is 48.7 Å². The summed E-state index contributed by atoms with van der Waals surface area (Å²) in [6.07, 6.45) is 0.880. The lowest BCUT2D eigenvalue weighted by Crippen LogP contribution is -2.43. The molecule has 118 valence electrons. The Kier molecular flexibility index (Phi) is 4.75. The van der Waals surface area contributed by atoms with E-state index in [0.29, 0.717) is 12.8 Å². The number of nitrogen functional groups attached to an aromatic ring is 1. The Hall–Kier alpha value is -0.540. The van der Waals surface area contributed by atoms with Gasteiger partial charge in [0.15, 0.2) is 9.84 Å². The second-order valence-electron chi connectivity index (χ2n) is 4.85. The summed E-state index contributed by atoms with van der Waals surface area (Å²) >= 11 is 11.7. The van der Waals surface area contributed by atoms with Gasteiger partial charge in [-0.05, 0) is 25.0 Å². The molecule has 10 heteroatoms. The highest BCUT2D eigenvalue weighted by Gasteiger charge is 2.30. The van der Waals surface area contributed by atoms with E-state index in [1.807, 2.05) is 0 Å². The molecule has 6 nitrogen and oxygen atoms in total. The average Bonchev–Trinajstić information content (AvgIpc) is 2.33.